The quantitative estimate of drug-likeness (QED) is 0.734. The van der Waals surface area contributed by atoms with Crippen LogP contribution in [0.2, 0.25) is 0 Å². The SMILES string of the molecule is CCCCC(CN)NC(=O)c1cn[nH]c1-c1ccccc1F. The van der Waals surface area contributed by atoms with Crippen molar-refractivity contribution >= 4 is 5.91 Å². The van der Waals surface area contributed by atoms with Gasteiger partial charge < -0.3 is 11.1 Å². The van der Waals surface area contributed by atoms with Gasteiger partial charge in [-0.15, -0.1) is 0 Å². The van der Waals surface area contributed by atoms with Crippen LogP contribution in [0.4, 0.5) is 4.39 Å². The van der Waals surface area contributed by atoms with Gasteiger partial charge in [0.2, 0.25) is 0 Å². The third kappa shape index (κ3) is 3.71. The van der Waals surface area contributed by atoms with E-state index in [1.54, 1.807) is 18.2 Å². The third-order valence-electron chi connectivity index (χ3n) is 3.55. The molecule has 1 heterocycles. The van der Waals surface area contributed by atoms with E-state index in [9.17, 15) is 9.18 Å². The molecule has 0 saturated carbocycles. The van der Waals surface area contributed by atoms with E-state index in [0.717, 1.165) is 19.3 Å². The molecule has 5 nitrogen and oxygen atoms in total. The van der Waals surface area contributed by atoms with Gasteiger partial charge in [0.05, 0.1) is 17.5 Å². The van der Waals surface area contributed by atoms with Crippen LogP contribution in [0.5, 0.6) is 0 Å². The summed E-state index contributed by atoms with van der Waals surface area (Å²) < 4.78 is 13.9. The maximum absolute atomic E-state index is 13.9. The first-order valence-corrected chi connectivity index (χ1v) is 7.46. The van der Waals surface area contributed by atoms with Gasteiger partial charge in [-0.3, -0.25) is 9.89 Å². The number of hydrogen-bond acceptors (Lipinski definition) is 3. The van der Waals surface area contributed by atoms with Crippen molar-refractivity contribution in [2.24, 2.45) is 5.73 Å². The molecule has 2 rings (SSSR count). The van der Waals surface area contributed by atoms with Crippen molar-refractivity contribution in [1.82, 2.24) is 15.5 Å². The molecular formula is C16H21FN4O. The second-order valence-electron chi connectivity index (χ2n) is 5.19. The molecule has 1 unspecified atom stereocenters. The Hall–Kier alpha value is -2.21. The molecule has 1 aromatic heterocycles. The Bertz CT molecular complexity index is 626. The van der Waals surface area contributed by atoms with E-state index in [1.165, 1.54) is 12.3 Å². The summed E-state index contributed by atoms with van der Waals surface area (Å²) >= 11 is 0. The minimum Gasteiger partial charge on any atom is -0.348 e. The zero-order valence-corrected chi connectivity index (χ0v) is 12.6. The number of carbonyl (C=O) groups is 1. The maximum atomic E-state index is 13.9. The van der Waals surface area contributed by atoms with Crippen molar-refractivity contribution in [1.29, 1.82) is 0 Å². The Morgan fingerprint density at radius 2 is 2.23 bits per heavy atom. The molecule has 1 amide bonds. The topological polar surface area (TPSA) is 83.8 Å². The Balaban J connectivity index is 2.18. The van der Waals surface area contributed by atoms with Gasteiger partial charge in [-0.1, -0.05) is 31.9 Å². The summed E-state index contributed by atoms with van der Waals surface area (Å²) in [4.78, 5) is 12.4. The van der Waals surface area contributed by atoms with E-state index in [0.29, 0.717) is 23.4 Å². The average molecular weight is 304 g/mol. The second-order valence-corrected chi connectivity index (χ2v) is 5.19. The standard InChI is InChI=1S/C16H21FN4O/c1-2-3-6-11(9-18)20-16(22)13-10-19-21-15(13)12-7-4-5-8-14(12)17/h4-5,7-8,10-11H,2-3,6,9,18H2,1H3,(H,19,21)(H,20,22). The number of halogens is 1. The molecule has 6 heteroatoms. The first-order valence-electron chi connectivity index (χ1n) is 7.46. The molecule has 0 aliphatic rings. The highest BCUT2D eigenvalue weighted by atomic mass is 19.1. The molecule has 118 valence electrons. The smallest absolute Gasteiger partial charge is 0.255 e. The molecule has 0 aliphatic heterocycles. The fraction of sp³-hybridized carbons (Fsp3) is 0.375. The predicted molar refractivity (Wildman–Crippen MR) is 83.8 cm³/mol. The molecule has 2 aromatic rings. The minimum atomic E-state index is -0.401. The largest absolute Gasteiger partial charge is 0.348 e. The van der Waals surface area contributed by atoms with Crippen LogP contribution in [0.1, 0.15) is 36.5 Å². The summed E-state index contributed by atoms with van der Waals surface area (Å²) in [5.74, 6) is -0.694. The van der Waals surface area contributed by atoms with E-state index in [-0.39, 0.29) is 11.9 Å². The monoisotopic (exact) mass is 304 g/mol. The minimum absolute atomic E-state index is 0.0872. The van der Waals surface area contributed by atoms with Crippen molar-refractivity contribution in [2.45, 2.75) is 32.2 Å². The van der Waals surface area contributed by atoms with Gasteiger partial charge in [0.25, 0.3) is 5.91 Å². The van der Waals surface area contributed by atoms with Crippen LogP contribution in [0.25, 0.3) is 11.3 Å². The van der Waals surface area contributed by atoms with E-state index in [4.69, 9.17) is 5.73 Å². The van der Waals surface area contributed by atoms with E-state index in [2.05, 4.69) is 22.4 Å². The number of nitrogens with one attached hydrogen (secondary N) is 2. The number of nitrogens with zero attached hydrogens (tertiary/aromatic N) is 1. The molecule has 0 fully saturated rings. The van der Waals surface area contributed by atoms with Crippen molar-refractivity contribution in [3.8, 4) is 11.3 Å². The van der Waals surface area contributed by atoms with Gasteiger partial charge in [0.1, 0.15) is 5.82 Å². The Kier molecular flexibility index (Phi) is 5.66. The van der Waals surface area contributed by atoms with Crippen LogP contribution in [0.3, 0.4) is 0 Å². The lowest BCUT2D eigenvalue weighted by atomic mass is 10.1. The first-order chi connectivity index (χ1) is 10.7. The molecule has 0 radical (unpaired) electrons. The van der Waals surface area contributed by atoms with Gasteiger partial charge in [0.15, 0.2) is 0 Å². The molecule has 0 saturated heterocycles. The molecule has 1 aromatic carbocycles. The van der Waals surface area contributed by atoms with Crippen LogP contribution in [0, 0.1) is 5.82 Å². The van der Waals surface area contributed by atoms with E-state index < -0.39 is 5.82 Å². The normalized spacial score (nSPS) is 12.1. The van der Waals surface area contributed by atoms with Gasteiger partial charge in [-0.25, -0.2) is 4.39 Å². The summed E-state index contributed by atoms with van der Waals surface area (Å²) in [7, 11) is 0. The lowest BCUT2D eigenvalue weighted by Crippen LogP contribution is -2.40. The number of amides is 1. The highest BCUT2D eigenvalue weighted by molar-refractivity contribution is 5.99. The summed E-state index contributed by atoms with van der Waals surface area (Å²) in [6.45, 7) is 2.46. The van der Waals surface area contributed by atoms with Gasteiger partial charge in [0, 0.05) is 18.2 Å². The van der Waals surface area contributed by atoms with Gasteiger partial charge in [-0.05, 0) is 18.6 Å². The lowest BCUT2D eigenvalue weighted by Gasteiger charge is -2.16. The number of aromatic nitrogens is 2. The fourth-order valence-electron chi connectivity index (χ4n) is 2.29. The van der Waals surface area contributed by atoms with Crippen LogP contribution in [-0.4, -0.2) is 28.7 Å². The van der Waals surface area contributed by atoms with Gasteiger partial charge in [-0.2, -0.15) is 5.10 Å². The number of benzene rings is 1. The predicted octanol–water partition coefficient (Wildman–Crippen LogP) is 2.46. The highest BCUT2D eigenvalue weighted by Gasteiger charge is 2.19. The molecule has 4 N–H and O–H groups in total. The zero-order chi connectivity index (χ0) is 15.9. The highest BCUT2D eigenvalue weighted by Crippen LogP contribution is 2.23. The molecule has 22 heavy (non-hydrogen) atoms. The summed E-state index contributed by atoms with van der Waals surface area (Å²) in [6, 6.07) is 6.18. The van der Waals surface area contributed by atoms with Crippen LogP contribution < -0.4 is 11.1 Å². The Morgan fingerprint density at radius 3 is 2.91 bits per heavy atom. The zero-order valence-electron chi connectivity index (χ0n) is 12.6. The van der Waals surface area contributed by atoms with Crippen LogP contribution in [-0.2, 0) is 0 Å². The molecule has 0 aliphatic carbocycles. The number of H-pyrrole nitrogens is 1. The number of aromatic amines is 1. The van der Waals surface area contributed by atoms with Crippen molar-refractivity contribution in [3.63, 3.8) is 0 Å². The number of unbranched alkanes of at least 4 members (excludes halogenated alkanes) is 1. The van der Waals surface area contributed by atoms with Crippen molar-refractivity contribution in [2.75, 3.05) is 6.54 Å². The second kappa shape index (κ2) is 7.70. The summed E-state index contributed by atoms with van der Waals surface area (Å²) in [6.07, 6.45) is 4.27. The van der Waals surface area contributed by atoms with Crippen molar-refractivity contribution in [3.05, 3.63) is 41.8 Å². The molecule has 0 spiro atoms. The molecule has 1 atom stereocenters. The Morgan fingerprint density at radius 1 is 1.45 bits per heavy atom. The summed E-state index contributed by atoms with van der Waals surface area (Å²) in [5, 5.41) is 9.46. The number of hydrogen-bond donors (Lipinski definition) is 3. The summed E-state index contributed by atoms with van der Waals surface area (Å²) in [5.41, 5.74) is 6.71. The lowest BCUT2D eigenvalue weighted by molar-refractivity contribution is 0.0936. The molecular weight excluding hydrogens is 283 g/mol. The number of rotatable bonds is 7. The van der Waals surface area contributed by atoms with E-state index >= 15 is 0 Å². The maximum Gasteiger partial charge on any atom is 0.255 e. The third-order valence-corrected chi connectivity index (χ3v) is 3.55. The number of carbonyl (C=O) groups excluding carboxylic acids is 1. The molecule has 0 bridgehead atoms. The van der Waals surface area contributed by atoms with Crippen molar-refractivity contribution < 1.29 is 9.18 Å². The first kappa shape index (κ1) is 16.2. The Labute approximate surface area is 129 Å². The van der Waals surface area contributed by atoms with E-state index in [1.807, 2.05) is 0 Å². The average Bonchev–Trinajstić information content (AvgIpc) is 3.01. The number of nitrogens with two attached hydrogens (primary N) is 1. The van der Waals surface area contributed by atoms with Gasteiger partial charge >= 0.3 is 0 Å². The van der Waals surface area contributed by atoms with Crippen LogP contribution in [0.15, 0.2) is 30.5 Å². The fourth-order valence-corrected chi connectivity index (χ4v) is 2.29. The van der Waals surface area contributed by atoms with Crippen LogP contribution >= 0.6 is 0 Å².